The first-order valence-electron chi connectivity index (χ1n) is 7.09. The average Bonchev–Trinajstić information content (AvgIpc) is 2.40. The Balaban J connectivity index is 2.21. The van der Waals surface area contributed by atoms with Gasteiger partial charge in [0.25, 0.3) is 0 Å². The number of likely N-dealkylation sites (N-methyl/N-ethyl adjacent to an activating group) is 1. The minimum absolute atomic E-state index is 0.339. The second-order valence-electron chi connectivity index (χ2n) is 5.16. The van der Waals surface area contributed by atoms with E-state index in [1.54, 1.807) is 0 Å². The van der Waals surface area contributed by atoms with E-state index in [9.17, 15) is 0 Å². The summed E-state index contributed by atoms with van der Waals surface area (Å²) in [5.41, 5.74) is 5.84. The third-order valence-corrected chi connectivity index (χ3v) is 3.80. The maximum absolute atomic E-state index is 5.84. The molecule has 2 rings (SSSR count). The van der Waals surface area contributed by atoms with Gasteiger partial charge in [0.2, 0.25) is 11.9 Å². The Labute approximate surface area is 115 Å². The minimum Gasteiger partial charge on any atom is -0.368 e. The van der Waals surface area contributed by atoms with Gasteiger partial charge in [0.1, 0.15) is 5.82 Å². The first-order valence-corrected chi connectivity index (χ1v) is 7.09. The number of anilines is 2. The molecule has 0 amide bonds. The smallest absolute Gasteiger partial charge is 0.230 e. The Morgan fingerprint density at radius 2 is 1.68 bits per heavy atom. The monoisotopic (exact) mass is 264 g/mol. The molecule has 1 fully saturated rings. The molecule has 0 saturated carbocycles. The third kappa shape index (κ3) is 3.32. The van der Waals surface area contributed by atoms with Gasteiger partial charge in [-0.2, -0.15) is 15.0 Å². The van der Waals surface area contributed by atoms with E-state index in [1.807, 2.05) is 0 Å². The molecule has 106 valence electrons. The van der Waals surface area contributed by atoms with Crippen LogP contribution in [0.4, 0.5) is 11.9 Å². The van der Waals surface area contributed by atoms with Gasteiger partial charge in [-0.25, -0.2) is 0 Å². The van der Waals surface area contributed by atoms with E-state index in [2.05, 4.69) is 45.6 Å². The molecule has 6 heteroatoms. The fourth-order valence-corrected chi connectivity index (χ4v) is 2.38. The van der Waals surface area contributed by atoms with E-state index in [4.69, 9.17) is 5.73 Å². The summed E-state index contributed by atoms with van der Waals surface area (Å²) >= 11 is 0. The zero-order chi connectivity index (χ0) is 13.8. The minimum atomic E-state index is 0.339. The lowest BCUT2D eigenvalue weighted by Crippen LogP contribution is -2.45. The molecule has 2 N–H and O–H groups in total. The number of aromatic nitrogens is 3. The molecule has 0 bridgehead atoms. The molecule has 0 aromatic carbocycles. The van der Waals surface area contributed by atoms with Crippen molar-refractivity contribution in [3.8, 4) is 0 Å². The summed E-state index contributed by atoms with van der Waals surface area (Å²) in [5.74, 6) is 2.29. The molecule has 0 unspecified atom stereocenters. The Hall–Kier alpha value is -1.43. The van der Waals surface area contributed by atoms with Gasteiger partial charge in [0, 0.05) is 32.1 Å². The highest BCUT2D eigenvalue weighted by Crippen LogP contribution is 2.22. The van der Waals surface area contributed by atoms with Gasteiger partial charge in [0.15, 0.2) is 0 Å². The van der Waals surface area contributed by atoms with Gasteiger partial charge in [-0.05, 0) is 19.9 Å². The van der Waals surface area contributed by atoms with Gasteiger partial charge in [-0.1, -0.05) is 13.8 Å². The normalized spacial score (nSPS) is 17.2. The summed E-state index contributed by atoms with van der Waals surface area (Å²) in [5, 5.41) is 0. The van der Waals surface area contributed by atoms with Gasteiger partial charge in [-0.15, -0.1) is 0 Å². The van der Waals surface area contributed by atoms with Crippen molar-refractivity contribution in [3.05, 3.63) is 5.82 Å². The Morgan fingerprint density at radius 1 is 1.05 bits per heavy atom. The van der Waals surface area contributed by atoms with Crippen molar-refractivity contribution < 1.29 is 0 Å². The predicted octanol–water partition coefficient (Wildman–Crippen LogP) is 1.11. The molecule has 2 heterocycles. The molecule has 19 heavy (non-hydrogen) atoms. The lowest BCUT2D eigenvalue weighted by molar-refractivity contribution is 0.311. The zero-order valence-electron chi connectivity index (χ0n) is 12.1. The van der Waals surface area contributed by atoms with Crippen LogP contribution in [0.3, 0.4) is 0 Å². The molecule has 1 aliphatic heterocycles. The summed E-state index contributed by atoms with van der Waals surface area (Å²) in [7, 11) is 2.13. The van der Waals surface area contributed by atoms with Gasteiger partial charge in [-0.3, -0.25) is 0 Å². The fraction of sp³-hybridized carbons (Fsp3) is 0.769. The van der Waals surface area contributed by atoms with Crippen LogP contribution in [-0.4, -0.2) is 53.1 Å². The van der Waals surface area contributed by atoms with Crippen LogP contribution in [0.15, 0.2) is 0 Å². The van der Waals surface area contributed by atoms with Crippen LogP contribution in [0.1, 0.15) is 38.4 Å². The van der Waals surface area contributed by atoms with E-state index >= 15 is 0 Å². The largest absolute Gasteiger partial charge is 0.368 e. The van der Waals surface area contributed by atoms with E-state index in [0.717, 1.165) is 50.8 Å². The molecule has 1 saturated heterocycles. The first kappa shape index (κ1) is 14.0. The number of hydrogen-bond donors (Lipinski definition) is 1. The Morgan fingerprint density at radius 3 is 2.26 bits per heavy atom. The molecule has 6 nitrogen and oxygen atoms in total. The third-order valence-electron chi connectivity index (χ3n) is 3.80. The highest BCUT2D eigenvalue weighted by atomic mass is 15.3. The zero-order valence-corrected chi connectivity index (χ0v) is 12.1. The fourth-order valence-electron chi connectivity index (χ4n) is 2.38. The molecule has 0 atom stereocenters. The number of hydrogen-bond acceptors (Lipinski definition) is 6. The standard InChI is InChI=1S/C13H24N6/c1-4-10(5-2)11-15-12(14)17-13(16-11)19-8-6-18(3)7-9-19/h10H,4-9H2,1-3H3,(H2,14,15,16,17). The van der Waals surface area contributed by atoms with Crippen LogP contribution < -0.4 is 10.6 Å². The van der Waals surface area contributed by atoms with Crippen LogP contribution in [0.25, 0.3) is 0 Å². The van der Waals surface area contributed by atoms with Crippen molar-refractivity contribution in [1.29, 1.82) is 0 Å². The SMILES string of the molecule is CCC(CC)c1nc(N)nc(N2CCN(C)CC2)n1. The van der Waals surface area contributed by atoms with E-state index in [1.165, 1.54) is 0 Å². The van der Waals surface area contributed by atoms with Gasteiger partial charge < -0.3 is 15.5 Å². The van der Waals surface area contributed by atoms with Crippen LogP contribution in [0.2, 0.25) is 0 Å². The second-order valence-corrected chi connectivity index (χ2v) is 5.16. The number of nitrogens with two attached hydrogens (primary N) is 1. The molecule has 0 aliphatic carbocycles. The van der Waals surface area contributed by atoms with E-state index in [0.29, 0.717) is 11.9 Å². The summed E-state index contributed by atoms with van der Waals surface area (Å²) in [4.78, 5) is 17.7. The van der Waals surface area contributed by atoms with Crippen molar-refractivity contribution >= 4 is 11.9 Å². The van der Waals surface area contributed by atoms with Crippen molar-refractivity contribution in [2.24, 2.45) is 0 Å². The lowest BCUT2D eigenvalue weighted by Gasteiger charge is -2.32. The summed E-state index contributed by atoms with van der Waals surface area (Å²) in [6, 6.07) is 0. The molecular weight excluding hydrogens is 240 g/mol. The Bertz CT molecular complexity index is 410. The Kier molecular flexibility index (Phi) is 4.52. The summed E-state index contributed by atoms with van der Waals surface area (Å²) in [6.45, 7) is 8.27. The van der Waals surface area contributed by atoms with Crippen LogP contribution in [0, 0.1) is 0 Å². The van der Waals surface area contributed by atoms with Crippen LogP contribution in [-0.2, 0) is 0 Å². The lowest BCUT2D eigenvalue weighted by atomic mass is 10.0. The van der Waals surface area contributed by atoms with E-state index in [-0.39, 0.29) is 0 Å². The molecule has 1 aromatic heterocycles. The van der Waals surface area contributed by atoms with Crippen molar-refractivity contribution in [2.75, 3.05) is 43.9 Å². The maximum atomic E-state index is 5.84. The van der Waals surface area contributed by atoms with Gasteiger partial charge >= 0.3 is 0 Å². The van der Waals surface area contributed by atoms with Crippen molar-refractivity contribution in [3.63, 3.8) is 0 Å². The quantitative estimate of drug-likeness (QED) is 0.878. The second kappa shape index (κ2) is 6.14. The molecule has 1 aliphatic rings. The topological polar surface area (TPSA) is 71.2 Å². The average molecular weight is 264 g/mol. The van der Waals surface area contributed by atoms with Crippen LogP contribution in [0.5, 0.6) is 0 Å². The predicted molar refractivity (Wildman–Crippen MR) is 77.3 cm³/mol. The molecular formula is C13H24N6. The molecule has 0 radical (unpaired) electrons. The summed E-state index contributed by atoms with van der Waals surface area (Å²) < 4.78 is 0. The van der Waals surface area contributed by atoms with E-state index < -0.39 is 0 Å². The highest BCUT2D eigenvalue weighted by molar-refractivity contribution is 5.35. The van der Waals surface area contributed by atoms with Crippen molar-refractivity contribution in [2.45, 2.75) is 32.6 Å². The first-order chi connectivity index (χ1) is 9.13. The number of rotatable bonds is 4. The van der Waals surface area contributed by atoms with Crippen molar-refractivity contribution in [1.82, 2.24) is 19.9 Å². The maximum Gasteiger partial charge on any atom is 0.230 e. The number of nitrogens with zero attached hydrogens (tertiary/aromatic N) is 5. The number of nitrogen functional groups attached to an aromatic ring is 1. The summed E-state index contributed by atoms with van der Waals surface area (Å²) in [6.07, 6.45) is 2.06. The molecule has 1 aromatic rings. The van der Waals surface area contributed by atoms with Gasteiger partial charge in [0.05, 0.1) is 0 Å². The molecule has 0 spiro atoms. The highest BCUT2D eigenvalue weighted by Gasteiger charge is 2.19. The van der Waals surface area contributed by atoms with Crippen LogP contribution >= 0.6 is 0 Å². The number of piperazine rings is 1.